The van der Waals surface area contributed by atoms with Gasteiger partial charge in [-0.2, -0.15) is 0 Å². The summed E-state index contributed by atoms with van der Waals surface area (Å²) in [5.74, 6) is 2.88. The van der Waals surface area contributed by atoms with Crippen molar-refractivity contribution in [2.75, 3.05) is 0 Å². The lowest BCUT2D eigenvalue weighted by Crippen LogP contribution is -2.17. The minimum atomic E-state index is 0.459. The average Bonchev–Trinajstić information content (AvgIpc) is 2.26. The van der Waals surface area contributed by atoms with Gasteiger partial charge in [-0.15, -0.1) is 0 Å². The van der Waals surface area contributed by atoms with Gasteiger partial charge in [0.15, 0.2) is 0 Å². The van der Waals surface area contributed by atoms with Gasteiger partial charge in [-0.05, 0) is 23.7 Å². The highest BCUT2D eigenvalue weighted by Gasteiger charge is 2.18. The second-order valence-electron chi connectivity index (χ2n) is 5.67. The lowest BCUT2D eigenvalue weighted by Gasteiger charge is -2.20. The number of carbonyl (C=O) groups excluding carboxylic acids is 1. The molecule has 0 heterocycles. The van der Waals surface area contributed by atoms with Crippen molar-refractivity contribution in [3.63, 3.8) is 0 Å². The molecule has 96 valence electrons. The number of hydrogen-bond acceptors (Lipinski definition) is 1. The zero-order valence-electron chi connectivity index (χ0n) is 12.0. The van der Waals surface area contributed by atoms with E-state index in [0.29, 0.717) is 29.5 Å². The molecule has 16 heavy (non-hydrogen) atoms. The van der Waals surface area contributed by atoms with Crippen molar-refractivity contribution in [2.24, 2.45) is 23.7 Å². The fraction of sp³-hybridized carbons (Fsp3) is 0.933. The van der Waals surface area contributed by atoms with Crippen molar-refractivity contribution in [3.8, 4) is 0 Å². The minimum absolute atomic E-state index is 0.459. The van der Waals surface area contributed by atoms with Crippen molar-refractivity contribution in [3.05, 3.63) is 0 Å². The van der Waals surface area contributed by atoms with E-state index in [-0.39, 0.29) is 0 Å². The summed E-state index contributed by atoms with van der Waals surface area (Å²) in [6.45, 7) is 13.3. The van der Waals surface area contributed by atoms with E-state index in [1.165, 1.54) is 12.8 Å². The van der Waals surface area contributed by atoms with E-state index in [0.717, 1.165) is 12.8 Å². The van der Waals surface area contributed by atoms with Crippen LogP contribution in [0.2, 0.25) is 0 Å². The lowest BCUT2D eigenvalue weighted by atomic mass is 9.84. The van der Waals surface area contributed by atoms with Crippen LogP contribution >= 0.6 is 0 Å². The predicted molar refractivity (Wildman–Crippen MR) is 71.5 cm³/mol. The van der Waals surface area contributed by atoms with Crippen LogP contribution in [-0.2, 0) is 4.79 Å². The van der Waals surface area contributed by atoms with Crippen molar-refractivity contribution in [1.82, 2.24) is 0 Å². The summed E-state index contributed by atoms with van der Waals surface area (Å²) in [4.78, 5) is 11.9. The second-order valence-corrected chi connectivity index (χ2v) is 5.67. The maximum atomic E-state index is 11.9. The Morgan fingerprint density at radius 3 is 1.31 bits per heavy atom. The molecule has 0 spiro atoms. The van der Waals surface area contributed by atoms with Gasteiger partial charge in [-0.1, -0.05) is 54.4 Å². The van der Waals surface area contributed by atoms with Crippen LogP contribution in [0.3, 0.4) is 0 Å². The number of Topliss-reactive ketones (excluding diaryl/α,β-unsaturated/α-hetero) is 1. The number of ketones is 1. The van der Waals surface area contributed by atoms with Gasteiger partial charge < -0.3 is 0 Å². The standard InChI is InChI=1S/C15H30O/c1-7-11(3)13(5)9-15(16)10-14(6)12(4)8-2/h11-14H,7-10H2,1-6H3. The summed E-state index contributed by atoms with van der Waals surface area (Å²) in [7, 11) is 0. The smallest absolute Gasteiger partial charge is 0.133 e. The molecule has 0 aliphatic heterocycles. The Morgan fingerprint density at radius 1 is 0.750 bits per heavy atom. The van der Waals surface area contributed by atoms with Gasteiger partial charge in [-0.25, -0.2) is 0 Å². The topological polar surface area (TPSA) is 17.1 Å². The van der Waals surface area contributed by atoms with Crippen LogP contribution in [0.5, 0.6) is 0 Å². The summed E-state index contributed by atoms with van der Waals surface area (Å²) < 4.78 is 0. The first-order valence-electron chi connectivity index (χ1n) is 6.93. The van der Waals surface area contributed by atoms with Gasteiger partial charge >= 0.3 is 0 Å². The van der Waals surface area contributed by atoms with Crippen LogP contribution in [0.15, 0.2) is 0 Å². The molecule has 1 nitrogen and oxygen atoms in total. The van der Waals surface area contributed by atoms with E-state index in [2.05, 4.69) is 41.5 Å². The van der Waals surface area contributed by atoms with Crippen LogP contribution in [-0.4, -0.2) is 5.78 Å². The molecule has 4 atom stereocenters. The Bertz CT molecular complexity index is 178. The monoisotopic (exact) mass is 226 g/mol. The SMILES string of the molecule is CCC(C)C(C)CC(=O)CC(C)C(C)CC. The van der Waals surface area contributed by atoms with E-state index < -0.39 is 0 Å². The van der Waals surface area contributed by atoms with Crippen molar-refractivity contribution < 1.29 is 4.79 Å². The Morgan fingerprint density at radius 2 is 1.06 bits per heavy atom. The number of carbonyl (C=O) groups is 1. The van der Waals surface area contributed by atoms with Crippen molar-refractivity contribution in [1.29, 1.82) is 0 Å². The quantitative estimate of drug-likeness (QED) is 0.586. The molecule has 0 rings (SSSR count). The fourth-order valence-corrected chi connectivity index (χ4v) is 2.01. The molecular formula is C15H30O. The summed E-state index contributed by atoms with van der Waals surface area (Å²) in [5.41, 5.74) is 0. The molecule has 0 amide bonds. The molecule has 0 bridgehead atoms. The van der Waals surface area contributed by atoms with Gasteiger partial charge in [-0.3, -0.25) is 4.79 Å². The molecule has 0 saturated heterocycles. The molecule has 0 aromatic carbocycles. The van der Waals surface area contributed by atoms with Gasteiger partial charge in [0.25, 0.3) is 0 Å². The van der Waals surface area contributed by atoms with Gasteiger partial charge in [0, 0.05) is 12.8 Å². The average molecular weight is 226 g/mol. The maximum Gasteiger partial charge on any atom is 0.133 e. The van der Waals surface area contributed by atoms with E-state index in [1.54, 1.807) is 0 Å². The van der Waals surface area contributed by atoms with Crippen LogP contribution in [0, 0.1) is 23.7 Å². The Labute approximate surface area is 102 Å². The second kappa shape index (κ2) is 7.86. The largest absolute Gasteiger partial charge is 0.300 e. The molecule has 0 aromatic rings. The van der Waals surface area contributed by atoms with E-state index in [9.17, 15) is 4.79 Å². The first-order chi connectivity index (χ1) is 7.42. The third-order valence-corrected chi connectivity index (χ3v) is 4.33. The molecular weight excluding hydrogens is 196 g/mol. The third kappa shape index (κ3) is 5.67. The van der Waals surface area contributed by atoms with Gasteiger partial charge in [0.2, 0.25) is 0 Å². The molecule has 0 aromatic heterocycles. The molecule has 0 radical (unpaired) electrons. The highest BCUT2D eigenvalue weighted by atomic mass is 16.1. The van der Waals surface area contributed by atoms with E-state index >= 15 is 0 Å². The van der Waals surface area contributed by atoms with Crippen molar-refractivity contribution in [2.45, 2.75) is 67.2 Å². The predicted octanol–water partition coefficient (Wildman–Crippen LogP) is 4.70. The minimum Gasteiger partial charge on any atom is -0.300 e. The van der Waals surface area contributed by atoms with Crippen LogP contribution in [0.25, 0.3) is 0 Å². The first kappa shape index (κ1) is 15.7. The zero-order chi connectivity index (χ0) is 12.7. The zero-order valence-corrected chi connectivity index (χ0v) is 12.0. The summed E-state index contributed by atoms with van der Waals surface area (Å²) >= 11 is 0. The third-order valence-electron chi connectivity index (χ3n) is 4.33. The molecule has 0 fully saturated rings. The van der Waals surface area contributed by atoms with Crippen LogP contribution in [0.1, 0.15) is 67.2 Å². The van der Waals surface area contributed by atoms with Crippen molar-refractivity contribution >= 4 is 5.78 Å². The fourth-order valence-electron chi connectivity index (χ4n) is 2.01. The Kier molecular flexibility index (Phi) is 7.70. The van der Waals surface area contributed by atoms with Crippen LogP contribution < -0.4 is 0 Å². The number of rotatable bonds is 8. The maximum absolute atomic E-state index is 11.9. The van der Waals surface area contributed by atoms with Gasteiger partial charge in [0.05, 0.1) is 0 Å². The summed E-state index contributed by atoms with van der Waals surface area (Å²) in [6.07, 6.45) is 3.90. The van der Waals surface area contributed by atoms with Gasteiger partial charge in [0.1, 0.15) is 5.78 Å². The highest BCUT2D eigenvalue weighted by molar-refractivity contribution is 5.78. The molecule has 4 unspecified atom stereocenters. The summed E-state index contributed by atoms with van der Waals surface area (Å²) in [6, 6.07) is 0. The first-order valence-corrected chi connectivity index (χ1v) is 6.93. The summed E-state index contributed by atoms with van der Waals surface area (Å²) in [5, 5.41) is 0. The Balaban J connectivity index is 3.99. The lowest BCUT2D eigenvalue weighted by molar-refractivity contribution is -0.121. The number of hydrogen-bond donors (Lipinski definition) is 0. The Hall–Kier alpha value is -0.330. The molecule has 0 aliphatic carbocycles. The van der Waals surface area contributed by atoms with E-state index in [1.807, 2.05) is 0 Å². The molecule has 0 N–H and O–H groups in total. The molecule has 0 saturated carbocycles. The molecule has 1 heteroatoms. The highest BCUT2D eigenvalue weighted by Crippen LogP contribution is 2.23. The van der Waals surface area contributed by atoms with E-state index in [4.69, 9.17) is 0 Å². The van der Waals surface area contributed by atoms with Crippen LogP contribution in [0.4, 0.5) is 0 Å². The molecule has 0 aliphatic rings. The normalized spacial score (nSPS) is 18.9.